The van der Waals surface area contributed by atoms with Crippen LogP contribution in [0.5, 0.6) is 11.5 Å². The summed E-state index contributed by atoms with van der Waals surface area (Å²) in [7, 11) is 0. The van der Waals surface area contributed by atoms with E-state index >= 15 is 0 Å². The second-order valence-corrected chi connectivity index (χ2v) is 11.3. The Balaban J connectivity index is 1.68. The van der Waals surface area contributed by atoms with Crippen molar-refractivity contribution < 1.29 is 29.2 Å². The normalized spacial score (nSPS) is 13.1. The van der Waals surface area contributed by atoms with E-state index in [-0.39, 0.29) is 26.4 Å². The highest BCUT2D eigenvalue weighted by molar-refractivity contribution is 6.11. The van der Waals surface area contributed by atoms with Gasteiger partial charge in [0.25, 0.3) is 0 Å². The summed E-state index contributed by atoms with van der Waals surface area (Å²) in [5.41, 5.74) is 1.19. The molecule has 0 aliphatic rings. The monoisotopic (exact) mass is 582 g/mol. The van der Waals surface area contributed by atoms with Gasteiger partial charge in [0, 0.05) is 34.8 Å². The van der Waals surface area contributed by atoms with Crippen molar-refractivity contribution in [3.63, 3.8) is 0 Å². The lowest BCUT2D eigenvalue weighted by Crippen LogP contribution is -2.24. The number of hydrogen-bond donors (Lipinski definition) is 2. The molecule has 2 N–H and O–H groups in total. The zero-order valence-electron chi connectivity index (χ0n) is 26.2. The van der Waals surface area contributed by atoms with Gasteiger partial charge in [-0.2, -0.15) is 0 Å². The van der Waals surface area contributed by atoms with Crippen LogP contribution in [0.15, 0.2) is 42.5 Å². The van der Waals surface area contributed by atoms with Gasteiger partial charge in [0.15, 0.2) is 0 Å². The number of hydrogen-bond acceptors (Lipinski definition) is 6. The predicted octanol–water partition coefficient (Wildman–Crippen LogP) is 8.01. The zero-order chi connectivity index (χ0) is 30.0. The van der Waals surface area contributed by atoms with Crippen molar-refractivity contribution in [2.45, 2.75) is 104 Å². The Morgan fingerprint density at radius 2 is 1.02 bits per heavy atom. The molecule has 0 spiro atoms. The maximum absolute atomic E-state index is 10.6. The number of unbranched alkanes of at least 4 members (excludes halogenated alkanes) is 8. The van der Waals surface area contributed by atoms with Gasteiger partial charge in [-0.15, -0.1) is 0 Å². The van der Waals surface area contributed by atoms with E-state index in [1.54, 1.807) is 0 Å². The van der Waals surface area contributed by atoms with Gasteiger partial charge >= 0.3 is 0 Å². The molecule has 0 bridgehead atoms. The largest absolute Gasteiger partial charge is 0.489 e. The van der Waals surface area contributed by atoms with Gasteiger partial charge in [-0.1, -0.05) is 109 Å². The third-order valence-electron chi connectivity index (χ3n) is 7.64. The predicted molar refractivity (Wildman–Crippen MR) is 173 cm³/mol. The Bertz CT molecular complexity index is 1160. The first-order valence-electron chi connectivity index (χ1n) is 16.3. The van der Waals surface area contributed by atoms with Crippen LogP contribution in [0.1, 0.15) is 90.5 Å². The second kappa shape index (κ2) is 19.7. The molecule has 0 aliphatic carbocycles. The minimum absolute atomic E-state index is 0.138. The summed E-state index contributed by atoms with van der Waals surface area (Å²) in [5, 5.41) is 24.9. The lowest BCUT2D eigenvalue weighted by atomic mass is 9.98. The Labute approximate surface area is 253 Å². The molecule has 3 aromatic rings. The molecule has 0 amide bonds. The van der Waals surface area contributed by atoms with Crippen molar-refractivity contribution >= 4 is 21.5 Å². The maximum Gasteiger partial charge on any atom is 0.135 e. The topological polar surface area (TPSA) is 77.4 Å². The van der Waals surface area contributed by atoms with Crippen LogP contribution in [-0.4, -0.2) is 62.1 Å². The van der Waals surface area contributed by atoms with Gasteiger partial charge in [-0.3, -0.25) is 0 Å². The second-order valence-electron chi connectivity index (χ2n) is 11.3. The molecule has 0 aromatic heterocycles. The molecule has 2 atom stereocenters. The minimum Gasteiger partial charge on any atom is -0.489 e. The maximum atomic E-state index is 10.6. The molecule has 3 aromatic carbocycles. The average Bonchev–Trinajstić information content (AvgIpc) is 3.01. The van der Waals surface area contributed by atoms with Crippen LogP contribution in [0.25, 0.3) is 21.5 Å². The number of rotatable bonds is 23. The van der Waals surface area contributed by atoms with Crippen LogP contribution < -0.4 is 9.47 Å². The van der Waals surface area contributed by atoms with Crippen LogP contribution in [0.4, 0.5) is 0 Å². The smallest absolute Gasteiger partial charge is 0.135 e. The van der Waals surface area contributed by atoms with Crippen LogP contribution >= 0.6 is 0 Å². The van der Waals surface area contributed by atoms with Gasteiger partial charge in [0.1, 0.15) is 36.9 Å². The van der Waals surface area contributed by atoms with E-state index in [4.69, 9.17) is 18.9 Å². The van der Waals surface area contributed by atoms with E-state index in [9.17, 15) is 10.2 Å². The fourth-order valence-electron chi connectivity index (χ4n) is 5.19. The minimum atomic E-state index is -0.721. The molecule has 42 heavy (non-hydrogen) atoms. The van der Waals surface area contributed by atoms with Gasteiger partial charge in [-0.05, 0) is 30.9 Å². The molecule has 3 rings (SSSR count). The molecule has 0 radical (unpaired) electrons. The first-order valence-corrected chi connectivity index (χ1v) is 16.3. The highest BCUT2D eigenvalue weighted by atomic mass is 16.5. The summed E-state index contributed by atoms with van der Waals surface area (Å²) >= 11 is 0. The van der Waals surface area contributed by atoms with E-state index in [1.807, 2.05) is 24.3 Å². The van der Waals surface area contributed by atoms with Crippen molar-refractivity contribution in [3.8, 4) is 11.5 Å². The molecule has 2 unspecified atom stereocenters. The number of aryl methyl sites for hydroxylation is 1. The lowest BCUT2D eigenvalue weighted by Gasteiger charge is -2.21. The summed E-state index contributed by atoms with van der Waals surface area (Å²) in [4.78, 5) is 0. The number of aliphatic hydroxyl groups is 2. The van der Waals surface area contributed by atoms with Crippen LogP contribution in [0, 0.1) is 0 Å². The van der Waals surface area contributed by atoms with Crippen LogP contribution in [-0.2, 0) is 15.9 Å². The fourth-order valence-corrected chi connectivity index (χ4v) is 5.19. The van der Waals surface area contributed by atoms with Crippen molar-refractivity contribution in [1.29, 1.82) is 0 Å². The van der Waals surface area contributed by atoms with Gasteiger partial charge in [0.05, 0.1) is 13.2 Å². The Morgan fingerprint density at radius 3 is 1.52 bits per heavy atom. The van der Waals surface area contributed by atoms with E-state index in [1.165, 1.54) is 44.1 Å². The molecule has 234 valence electrons. The summed E-state index contributed by atoms with van der Waals surface area (Å²) < 4.78 is 24.1. The summed E-state index contributed by atoms with van der Waals surface area (Å²) in [6.45, 7) is 8.65. The van der Waals surface area contributed by atoms with Crippen molar-refractivity contribution in [3.05, 3.63) is 48.0 Å². The van der Waals surface area contributed by atoms with Gasteiger partial charge in [-0.25, -0.2) is 0 Å². The third kappa shape index (κ3) is 11.0. The summed E-state index contributed by atoms with van der Waals surface area (Å²) in [6, 6.07) is 14.3. The van der Waals surface area contributed by atoms with E-state index in [0.717, 1.165) is 65.1 Å². The van der Waals surface area contributed by atoms with Gasteiger partial charge in [0.2, 0.25) is 0 Å². The van der Waals surface area contributed by atoms with Crippen molar-refractivity contribution in [2.75, 3.05) is 39.6 Å². The molecule has 6 heteroatoms. The quantitative estimate of drug-likeness (QED) is 0.0871. The van der Waals surface area contributed by atoms with E-state index in [0.29, 0.717) is 13.2 Å². The molecule has 6 nitrogen and oxygen atoms in total. The summed E-state index contributed by atoms with van der Waals surface area (Å²) in [5.74, 6) is 1.45. The van der Waals surface area contributed by atoms with E-state index in [2.05, 4.69) is 39.0 Å². The molecule has 0 heterocycles. The molecule has 0 saturated heterocycles. The summed E-state index contributed by atoms with van der Waals surface area (Å²) in [6.07, 6.45) is 11.2. The SMILES string of the molecule is CCCCCCCOCC(O)COc1c2ccccc2c(OCC(O)COCCCCCCC)c2cc(CC)ccc12. The molecule has 0 saturated carbocycles. The van der Waals surface area contributed by atoms with E-state index < -0.39 is 12.2 Å². The Hall–Kier alpha value is -2.38. The van der Waals surface area contributed by atoms with Crippen LogP contribution in [0.3, 0.4) is 0 Å². The molecular formula is C36H54O6. The Morgan fingerprint density at radius 1 is 0.548 bits per heavy atom. The van der Waals surface area contributed by atoms with Crippen molar-refractivity contribution in [1.82, 2.24) is 0 Å². The molecule has 0 aliphatic heterocycles. The standard InChI is InChI=1S/C36H54O6/c1-4-7-9-11-15-21-39-24-29(37)26-41-35-31-17-13-14-18-32(31)36(34-23-28(6-3)19-20-33(34)35)42-27-30(38)25-40-22-16-12-10-8-5-2/h13-14,17-20,23,29-30,37-38H,4-12,15-16,21-22,24-27H2,1-3H3. The first kappa shape index (κ1) is 34.1. The van der Waals surface area contributed by atoms with Gasteiger partial charge < -0.3 is 29.2 Å². The number of benzene rings is 3. The van der Waals surface area contributed by atoms with Crippen molar-refractivity contribution in [2.24, 2.45) is 0 Å². The number of aliphatic hydroxyl groups excluding tert-OH is 2. The molecular weight excluding hydrogens is 528 g/mol. The zero-order valence-corrected chi connectivity index (χ0v) is 26.2. The fraction of sp³-hybridized carbons (Fsp3) is 0.611. The van der Waals surface area contributed by atoms with Crippen LogP contribution in [0.2, 0.25) is 0 Å². The number of fused-ring (bicyclic) bond motifs is 2. The highest BCUT2D eigenvalue weighted by Crippen LogP contribution is 2.43. The average molecular weight is 583 g/mol. The lowest BCUT2D eigenvalue weighted by molar-refractivity contribution is 0.0111. The highest BCUT2D eigenvalue weighted by Gasteiger charge is 2.19. The molecule has 0 fully saturated rings. The third-order valence-corrected chi connectivity index (χ3v) is 7.64. The number of ether oxygens (including phenoxy) is 4. The Kier molecular flexibility index (Phi) is 16.0. The first-order chi connectivity index (χ1) is 20.6.